The summed E-state index contributed by atoms with van der Waals surface area (Å²) in [6.45, 7) is 1.67. The van der Waals surface area contributed by atoms with E-state index in [4.69, 9.17) is 4.74 Å². The zero-order chi connectivity index (χ0) is 21.1. The van der Waals surface area contributed by atoms with E-state index < -0.39 is 6.10 Å². The fraction of sp³-hybridized carbons (Fsp3) is 0.261. The van der Waals surface area contributed by atoms with Crippen LogP contribution in [0.25, 0.3) is 11.3 Å². The number of hydrogen-bond acceptors (Lipinski definition) is 5. The summed E-state index contributed by atoms with van der Waals surface area (Å²) in [5.74, 6) is 0.283. The predicted molar refractivity (Wildman–Crippen MR) is 116 cm³/mol. The summed E-state index contributed by atoms with van der Waals surface area (Å²) in [5.41, 5.74) is 4.94. The van der Waals surface area contributed by atoms with Gasteiger partial charge in [-0.25, -0.2) is 4.98 Å². The van der Waals surface area contributed by atoms with Gasteiger partial charge in [0.2, 0.25) is 0 Å². The molecule has 154 valence electrons. The molecule has 0 fully saturated rings. The summed E-state index contributed by atoms with van der Waals surface area (Å²) in [6, 6.07) is 13.4. The fourth-order valence-electron chi connectivity index (χ4n) is 3.59. The largest absolute Gasteiger partial charge is 0.372 e. The number of benzene rings is 1. The average Bonchev–Trinajstić information content (AvgIpc) is 3.13. The van der Waals surface area contributed by atoms with Crippen molar-refractivity contribution in [2.24, 2.45) is 0 Å². The van der Waals surface area contributed by atoms with E-state index in [0.717, 1.165) is 46.7 Å². The first-order chi connectivity index (χ1) is 14.6. The number of anilines is 3. The van der Waals surface area contributed by atoms with Crippen molar-refractivity contribution in [3.8, 4) is 11.3 Å². The second-order valence-corrected chi connectivity index (χ2v) is 7.29. The van der Waals surface area contributed by atoms with Crippen molar-refractivity contribution in [3.05, 3.63) is 59.9 Å². The molecular formula is C23H24N4O3. The summed E-state index contributed by atoms with van der Waals surface area (Å²) >= 11 is 0. The lowest BCUT2D eigenvalue weighted by Crippen LogP contribution is -2.26. The predicted octanol–water partition coefficient (Wildman–Crippen LogP) is 4.31. The molecule has 2 aromatic heterocycles. The van der Waals surface area contributed by atoms with Crippen LogP contribution >= 0.6 is 0 Å². The number of hydrogen-bond donors (Lipinski definition) is 3. The highest BCUT2D eigenvalue weighted by molar-refractivity contribution is 6.07. The van der Waals surface area contributed by atoms with Crippen molar-refractivity contribution in [1.29, 1.82) is 0 Å². The van der Waals surface area contributed by atoms with E-state index >= 15 is 0 Å². The summed E-state index contributed by atoms with van der Waals surface area (Å²) < 4.78 is 5.06. The van der Waals surface area contributed by atoms with Crippen LogP contribution in [0, 0.1) is 0 Å². The second kappa shape index (κ2) is 8.51. The summed E-state index contributed by atoms with van der Waals surface area (Å²) in [4.78, 5) is 32.6. The van der Waals surface area contributed by atoms with Gasteiger partial charge < -0.3 is 20.4 Å². The van der Waals surface area contributed by atoms with Crippen molar-refractivity contribution < 1.29 is 14.3 Å². The molecule has 4 rings (SSSR count). The van der Waals surface area contributed by atoms with Crippen molar-refractivity contribution in [1.82, 2.24) is 9.97 Å². The van der Waals surface area contributed by atoms with Gasteiger partial charge in [0.1, 0.15) is 11.9 Å². The number of nitrogens with one attached hydrogen (secondary N) is 3. The highest BCUT2D eigenvalue weighted by atomic mass is 16.5. The number of para-hydroxylation sites is 1. The molecule has 0 bridgehead atoms. The van der Waals surface area contributed by atoms with Crippen molar-refractivity contribution in [2.75, 3.05) is 17.7 Å². The fourth-order valence-corrected chi connectivity index (χ4v) is 3.59. The van der Waals surface area contributed by atoms with Gasteiger partial charge in [0.15, 0.2) is 5.78 Å². The first kappa shape index (κ1) is 19.8. The highest BCUT2D eigenvalue weighted by Crippen LogP contribution is 2.39. The summed E-state index contributed by atoms with van der Waals surface area (Å²) in [6.07, 6.45) is 3.26. The van der Waals surface area contributed by atoms with Crippen LogP contribution in [-0.2, 0) is 16.0 Å². The topological polar surface area (TPSA) is 96.1 Å². The maximum atomic E-state index is 12.7. The zero-order valence-corrected chi connectivity index (χ0v) is 17.0. The lowest BCUT2D eigenvalue weighted by molar-refractivity contribution is -0.124. The molecule has 3 N–H and O–H groups in total. The zero-order valence-electron chi connectivity index (χ0n) is 17.0. The van der Waals surface area contributed by atoms with E-state index in [1.54, 1.807) is 19.2 Å². The number of methoxy groups -OCH3 is 1. The maximum absolute atomic E-state index is 12.7. The minimum atomic E-state index is -0.582. The number of pyridine rings is 1. The Kier molecular flexibility index (Phi) is 5.63. The number of H-pyrrole nitrogens is 1. The number of rotatable bonds is 6. The smallest absolute Gasteiger partial charge is 0.254 e. The number of nitrogens with zero attached hydrogens (tertiary/aromatic N) is 1. The standard InChI is InChI=1S/C23H24N4O3/c1-14(30-2)23(29)27-19-13-15(11-12-24-19)21-22(25-16-7-4-3-5-8-16)20-17(26-21)9-6-10-18(20)28/h3-5,7-8,11-14,25-26H,6,9-10H2,1-2H3,(H,24,27,29). The molecule has 1 aliphatic carbocycles. The number of ether oxygens (including phenoxy) is 1. The lowest BCUT2D eigenvalue weighted by atomic mass is 9.95. The van der Waals surface area contributed by atoms with Crippen LogP contribution in [0.1, 0.15) is 35.8 Å². The van der Waals surface area contributed by atoms with Crippen LogP contribution in [0.3, 0.4) is 0 Å². The molecule has 0 radical (unpaired) electrons. The molecule has 1 aliphatic rings. The molecule has 0 saturated carbocycles. The van der Waals surface area contributed by atoms with E-state index in [2.05, 4.69) is 20.6 Å². The lowest BCUT2D eigenvalue weighted by Gasteiger charge is -2.14. The SMILES string of the molecule is COC(C)C(=O)Nc1cc(-c2[nH]c3c(c2Nc2ccccc2)C(=O)CCC3)ccn1. The van der Waals surface area contributed by atoms with Gasteiger partial charge in [-0.1, -0.05) is 18.2 Å². The van der Waals surface area contributed by atoms with Crippen LogP contribution in [-0.4, -0.2) is 34.9 Å². The molecule has 1 aromatic carbocycles. The van der Waals surface area contributed by atoms with Gasteiger partial charge in [-0.3, -0.25) is 9.59 Å². The van der Waals surface area contributed by atoms with Crippen LogP contribution in [0.4, 0.5) is 17.2 Å². The van der Waals surface area contributed by atoms with E-state index in [9.17, 15) is 9.59 Å². The molecule has 0 aliphatic heterocycles. The molecule has 1 amide bonds. The summed E-state index contributed by atoms with van der Waals surface area (Å²) in [5, 5.41) is 6.18. The Morgan fingerprint density at radius 1 is 1.20 bits per heavy atom. The molecule has 30 heavy (non-hydrogen) atoms. The Labute approximate surface area is 174 Å². The summed E-state index contributed by atoms with van der Waals surface area (Å²) in [7, 11) is 1.48. The quantitative estimate of drug-likeness (QED) is 0.569. The molecule has 7 nitrogen and oxygen atoms in total. The number of aryl methyl sites for hydroxylation is 1. The van der Waals surface area contributed by atoms with Gasteiger partial charge in [0, 0.05) is 36.7 Å². The van der Waals surface area contributed by atoms with E-state index in [1.807, 2.05) is 36.4 Å². The van der Waals surface area contributed by atoms with Gasteiger partial charge in [-0.2, -0.15) is 0 Å². The van der Waals surface area contributed by atoms with Gasteiger partial charge in [-0.15, -0.1) is 0 Å². The number of fused-ring (bicyclic) bond motifs is 1. The van der Waals surface area contributed by atoms with Crippen molar-refractivity contribution >= 4 is 28.9 Å². The average molecular weight is 404 g/mol. The Hall–Kier alpha value is -3.45. The Morgan fingerprint density at radius 2 is 2.00 bits per heavy atom. The molecule has 1 atom stereocenters. The minimum Gasteiger partial charge on any atom is -0.372 e. The van der Waals surface area contributed by atoms with Crippen LogP contribution in [0.2, 0.25) is 0 Å². The number of ketones is 1. The van der Waals surface area contributed by atoms with Crippen LogP contribution < -0.4 is 10.6 Å². The van der Waals surface area contributed by atoms with Gasteiger partial charge in [0.05, 0.1) is 16.9 Å². The highest BCUT2D eigenvalue weighted by Gasteiger charge is 2.27. The molecule has 0 spiro atoms. The van der Waals surface area contributed by atoms with Gasteiger partial charge in [-0.05, 0) is 44.0 Å². The van der Waals surface area contributed by atoms with Crippen molar-refractivity contribution in [2.45, 2.75) is 32.3 Å². The van der Waals surface area contributed by atoms with Crippen molar-refractivity contribution in [3.63, 3.8) is 0 Å². The number of carbonyl (C=O) groups excluding carboxylic acids is 2. The Morgan fingerprint density at radius 3 is 2.77 bits per heavy atom. The third-order valence-corrected chi connectivity index (χ3v) is 5.25. The third kappa shape index (κ3) is 3.97. The number of aromatic nitrogens is 2. The number of Topliss-reactive ketones (excluding diaryl/α,β-unsaturated/α-hetero) is 1. The number of carbonyl (C=O) groups is 2. The maximum Gasteiger partial charge on any atom is 0.254 e. The van der Waals surface area contributed by atoms with E-state index in [-0.39, 0.29) is 11.7 Å². The minimum absolute atomic E-state index is 0.133. The van der Waals surface area contributed by atoms with Crippen LogP contribution in [0.5, 0.6) is 0 Å². The molecule has 7 heteroatoms. The monoisotopic (exact) mass is 404 g/mol. The first-order valence-electron chi connectivity index (χ1n) is 9.97. The molecular weight excluding hydrogens is 380 g/mol. The Bertz CT molecular complexity index is 1080. The van der Waals surface area contributed by atoms with E-state index in [0.29, 0.717) is 12.2 Å². The normalized spacial score (nSPS) is 14.1. The molecule has 3 aromatic rings. The van der Waals surface area contributed by atoms with Gasteiger partial charge in [0.25, 0.3) is 5.91 Å². The molecule has 0 saturated heterocycles. The second-order valence-electron chi connectivity index (χ2n) is 7.29. The van der Waals surface area contributed by atoms with E-state index in [1.165, 1.54) is 7.11 Å². The first-order valence-corrected chi connectivity index (χ1v) is 9.97. The Balaban J connectivity index is 1.74. The molecule has 1 unspecified atom stereocenters. The van der Waals surface area contributed by atoms with Gasteiger partial charge >= 0.3 is 0 Å². The molecule has 2 heterocycles. The number of amides is 1. The van der Waals surface area contributed by atoms with Crippen LogP contribution in [0.15, 0.2) is 48.7 Å². The third-order valence-electron chi connectivity index (χ3n) is 5.25. The number of aromatic amines is 1.